The van der Waals surface area contributed by atoms with Gasteiger partial charge in [-0.25, -0.2) is 14.2 Å². The van der Waals surface area contributed by atoms with Crippen LogP contribution in [-0.2, 0) is 32.1 Å². The van der Waals surface area contributed by atoms with E-state index in [4.69, 9.17) is 11.6 Å². The summed E-state index contributed by atoms with van der Waals surface area (Å²) in [5, 5.41) is 1.48. The summed E-state index contributed by atoms with van der Waals surface area (Å²) >= 11 is 6.25. The average Bonchev–Trinajstić information content (AvgIpc) is 3.39. The van der Waals surface area contributed by atoms with E-state index in [-0.39, 0.29) is 18.0 Å². The molecule has 31 heavy (non-hydrogen) atoms. The summed E-state index contributed by atoms with van der Waals surface area (Å²) in [5.74, 6) is -1.58. The molecular weight excluding hydrogens is 474 g/mol. The molecule has 0 radical (unpaired) electrons. The van der Waals surface area contributed by atoms with Gasteiger partial charge in [-0.15, -0.1) is 11.3 Å². The van der Waals surface area contributed by atoms with Crippen LogP contribution in [0.5, 0.6) is 0 Å². The summed E-state index contributed by atoms with van der Waals surface area (Å²) in [6, 6.07) is 3.11. The van der Waals surface area contributed by atoms with E-state index >= 15 is 0 Å². The minimum Gasteiger partial charge on any atom is -0.331 e. The van der Waals surface area contributed by atoms with Gasteiger partial charge in [0.2, 0.25) is 5.82 Å². The van der Waals surface area contributed by atoms with E-state index in [0.717, 1.165) is 0 Å². The summed E-state index contributed by atoms with van der Waals surface area (Å²) in [4.78, 5) is 24.2. The average molecular weight is 487 g/mol. The summed E-state index contributed by atoms with van der Waals surface area (Å²) in [6.07, 6.45) is 4.47. The highest BCUT2D eigenvalue weighted by molar-refractivity contribution is 7.92. The molecule has 1 amide bonds. The van der Waals surface area contributed by atoms with Crippen LogP contribution in [0.4, 0.5) is 8.78 Å². The lowest BCUT2D eigenvalue weighted by atomic mass is 10.2. The maximum atomic E-state index is 13.1. The first-order valence-electron chi connectivity index (χ1n) is 8.58. The van der Waals surface area contributed by atoms with Gasteiger partial charge in [-0.3, -0.25) is 4.79 Å². The van der Waals surface area contributed by atoms with Crippen molar-refractivity contribution in [1.29, 1.82) is 0 Å². The maximum Gasteiger partial charge on any atom is 0.400 e. The number of nitrogens with zero attached hydrogens (tertiary/aromatic N) is 6. The molecule has 162 valence electrons. The van der Waals surface area contributed by atoms with Crippen LogP contribution in [0.2, 0.25) is 0 Å². The van der Waals surface area contributed by atoms with Crippen LogP contribution >= 0.6 is 22.9 Å². The van der Waals surface area contributed by atoms with Gasteiger partial charge in [-0.2, -0.15) is 18.1 Å². The minimum atomic E-state index is -3.77. The number of halogens is 3. The Bertz CT molecular complexity index is 1370. The molecular formula is C17H13ClF2N6O3S2. The van der Waals surface area contributed by atoms with E-state index in [2.05, 4.69) is 29.0 Å². The number of aromatic nitrogens is 5. The van der Waals surface area contributed by atoms with Gasteiger partial charge < -0.3 is 8.92 Å². The highest BCUT2D eigenvalue weighted by Crippen LogP contribution is 2.32. The number of imidazole rings is 1. The molecule has 4 aromatic rings. The number of thiazole rings is 1. The van der Waals surface area contributed by atoms with E-state index in [9.17, 15) is 17.8 Å². The molecule has 0 saturated carbocycles. The summed E-state index contributed by atoms with van der Waals surface area (Å²) in [6.45, 7) is 0. The van der Waals surface area contributed by atoms with Crippen molar-refractivity contribution in [2.75, 3.05) is 6.26 Å². The van der Waals surface area contributed by atoms with Crippen LogP contribution in [0.25, 0.3) is 17.0 Å². The number of carbonyl (C=O) groups excluding carboxylic acids is 1. The topological polar surface area (TPSA) is 116 Å². The highest BCUT2D eigenvalue weighted by atomic mass is 35.5. The largest absolute Gasteiger partial charge is 0.400 e. The fourth-order valence-electron chi connectivity index (χ4n) is 2.73. The Kier molecular flexibility index (Phi) is 5.58. The van der Waals surface area contributed by atoms with Gasteiger partial charge in [-0.1, -0.05) is 5.16 Å². The van der Waals surface area contributed by atoms with Crippen LogP contribution in [0.15, 0.2) is 44.3 Å². The number of pyridine rings is 1. The SMILES string of the molecule is CS(=O)(Cc1cscn1)=NC(=O)Cc1cn2ccc(-c3noc(C(F)(F)Cl)n3)cc2n1. The van der Waals surface area contributed by atoms with Crippen LogP contribution in [0, 0.1) is 0 Å². The molecule has 14 heteroatoms. The summed E-state index contributed by atoms with van der Waals surface area (Å²) in [5.41, 5.74) is 3.43. The normalized spacial score (nSPS) is 13.9. The standard InChI is InChI=1S/C17H13ClF2N6O3S2/c1-31(28,8-12-7-30-9-21-12)25-14(27)5-11-6-26-3-2-10(4-13(26)22-11)15-23-16(29-24-15)17(18,19)20/h2-4,6-7,9H,5,8H2,1H3. The van der Waals surface area contributed by atoms with Crippen LogP contribution < -0.4 is 0 Å². The lowest BCUT2D eigenvalue weighted by molar-refractivity contribution is -0.117. The van der Waals surface area contributed by atoms with E-state index in [0.29, 0.717) is 22.6 Å². The van der Waals surface area contributed by atoms with Gasteiger partial charge in [0.05, 0.1) is 38.8 Å². The van der Waals surface area contributed by atoms with Gasteiger partial charge in [0.15, 0.2) is 0 Å². The molecule has 0 N–H and O–H groups in total. The Labute approximate surface area is 183 Å². The molecule has 0 fully saturated rings. The van der Waals surface area contributed by atoms with Crippen molar-refractivity contribution in [3.05, 3.63) is 52.7 Å². The molecule has 0 aliphatic heterocycles. The number of amides is 1. The number of carbonyl (C=O) groups is 1. The van der Waals surface area contributed by atoms with Crippen LogP contribution in [0.3, 0.4) is 0 Å². The molecule has 4 heterocycles. The van der Waals surface area contributed by atoms with Crippen molar-refractivity contribution in [2.24, 2.45) is 4.36 Å². The number of hydrogen-bond acceptors (Lipinski definition) is 8. The molecule has 4 aromatic heterocycles. The predicted octanol–water partition coefficient (Wildman–Crippen LogP) is 3.50. The van der Waals surface area contributed by atoms with E-state index in [1.807, 2.05) is 0 Å². The quantitative estimate of drug-likeness (QED) is 0.383. The monoisotopic (exact) mass is 486 g/mol. The van der Waals surface area contributed by atoms with Crippen LogP contribution in [-0.4, -0.2) is 40.9 Å². The third-order valence-corrected chi connectivity index (χ3v) is 6.18. The molecule has 0 aliphatic carbocycles. The molecule has 1 atom stereocenters. The fraction of sp³-hybridized carbons (Fsp3) is 0.235. The highest BCUT2D eigenvalue weighted by Gasteiger charge is 2.35. The number of fused-ring (bicyclic) bond motifs is 1. The first kappa shape index (κ1) is 21.5. The second kappa shape index (κ2) is 8.05. The van der Waals surface area contributed by atoms with Crippen molar-refractivity contribution in [3.8, 4) is 11.4 Å². The number of rotatable bonds is 6. The zero-order valence-electron chi connectivity index (χ0n) is 15.7. The Morgan fingerprint density at radius 3 is 2.87 bits per heavy atom. The smallest absolute Gasteiger partial charge is 0.331 e. The van der Waals surface area contributed by atoms with E-state index < -0.39 is 26.9 Å². The molecule has 0 saturated heterocycles. The Balaban J connectivity index is 1.53. The van der Waals surface area contributed by atoms with Crippen LogP contribution in [0.1, 0.15) is 17.3 Å². The Morgan fingerprint density at radius 2 is 2.19 bits per heavy atom. The lowest BCUT2D eigenvalue weighted by Crippen LogP contribution is -2.08. The summed E-state index contributed by atoms with van der Waals surface area (Å²) in [7, 11) is -2.77. The fourth-order valence-corrected chi connectivity index (χ4v) is 4.74. The molecule has 0 aliphatic rings. The van der Waals surface area contributed by atoms with Gasteiger partial charge >= 0.3 is 11.3 Å². The van der Waals surface area contributed by atoms with Crippen molar-refractivity contribution in [1.82, 2.24) is 24.5 Å². The lowest BCUT2D eigenvalue weighted by Gasteiger charge is -2.00. The Hall–Kier alpha value is -2.77. The molecule has 1 unspecified atom stereocenters. The van der Waals surface area contributed by atoms with E-state index in [1.165, 1.54) is 23.7 Å². The minimum absolute atomic E-state index is 0.0822. The predicted molar refractivity (Wildman–Crippen MR) is 109 cm³/mol. The zero-order chi connectivity index (χ0) is 22.2. The van der Waals surface area contributed by atoms with Crippen molar-refractivity contribution < 1.29 is 22.3 Å². The molecule has 0 spiro atoms. The number of hydrogen-bond donors (Lipinski definition) is 0. The summed E-state index contributed by atoms with van der Waals surface area (Å²) < 4.78 is 48.6. The zero-order valence-corrected chi connectivity index (χ0v) is 18.1. The second-order valence-electron chi connectivity index (χ2n) is 6.58. The van der Waals surface area contributed by atoms with Crippen molar-refractivity contribution in [3.63, 3.8) is 0 Å². The van der Waals surface area contributed by atoms with Gasteiger partial charge in [0, 0.05) is 29.6 Å². The Morgan fingerprint density at radius 1 is 1.39 bits per heavy atom. The van der Waals surface area contributed by atoms with Gasteiger partial charge in [-0.05, 0) is 23.7 Å². The van der Waals surface area contributed by atoms with Gasteiger partial charge in [0.25, 0.3) is 5.91 Å². The maximum absolute atomic E-state index is 13.1. The first-order valence-corrected chi connectivity index (χ1v) is 12.0. The molecule has 0 aromatic carbocycles. The molecule has 9 nitrogen and oxygen atoms in total. The van der Waals surface area contributed by atoms with Gasteiger partial charge in [0.1, 0.15) is 5.65 Å². The third-order valence-electron chi connectivity index (χ3n) is 3.96. The number of alkyl halides is 3. The molecule has 0 bridgehead atoms. The second-order valence-corrected chi connectivity index (χ2v) is 10.2. The molecule has 4 rings (SSSR count). The third kappa shape index (κ3) is 5.11. The first-order chi connectivity index (χ1) is 14.6. The van der Waals surface area contributed by atoms with Crippen molar-refractivity contribution in [2.45, 2.75) is 17.6 Å². The van der Waals surface area contributed by atoms with Crippen molar-refractivity contribution >= 4 is 44.2 Å². The van der Waals surface area contributed by atoms with E-state index in [1.54, 1.807) is 33.8 Å².